The first-order valence-corrected chi connectivity index (χ1v) is 14.2. The summed E-state index contributed by atoms with van der Waals surface area (Å²) in [5.74, 6) is 0.515. The van der Waals surface area contributed by atoms with Crippen molar-refractivity contribution in [3.8, 4) is 5.75 Å². The Labute approximate surface area is 167 Å². The van der Waals surface area contributed by atoms with E-state index >= 15 is 0 Å². The molecule has 0 saturated carbocycles. The van der Waals surface area contributed by atoms with E-state index in [1.54, 1.807) is 12.1 Å². The van der Waals surface area contributed by atoms with E-state index in [1.807, 2.05) is 6.07 Å². The summed E-state index contributed by atoms with van der Waals surface area (Å²) < 4.78 is 38.3. The highest BCUT2D eigenvalue weighted by Crippen LogP contribution is 2.41. The quantitative estimate of drug-likeness (QED) is 0.440. The van der Waals surface area contributed by atoms with Gasteiger partial charge in [0.2, 0.25) is 10.0 Å². The molecule has 1 atom stereocenters. The number of rotatable bonds is 10. The van der Waals surface area contributed by atoms with Crippen LogP contribution in [0.3, 0.4) is 0 Å². The van der Waals surface area contributed by atoms with Crippen LogP contribution in [-0.2, 0) is 14.4 Å². The van der Waals surface area contributed by atoms with Crippen molar-refractivity contribution in [2.45, 2.75) is 71.1 Å². The number of nitrogens with one attached hydrogen (secondary N) is 1. The standard InChI is InChI=1S/C19H34BNO4SSi/c1-8-9-12-24-17-11-10-15(13-16(17)21-26(5,22)23)18(14-20)25-27(6,7)19(2,3)4/h10-11,13,18,21H,8-9,12,14H2,1-7H3/t18-/m0/s1. The summed E-state index contributed by atoms with van der Waals surface area (Å²) in [6, 6.07) is 5.46. The molecule has 0 aliphatic carbocycles. The average molecular weight is 411 g/mol. The van der Waals surface area contributed by atoms with Gasteiger partial charge >= 0.3 is 0 Å². The molecule has 5 nitrogen and oxygen atoms in total. The maximum absolute atomic E-state index is 11.8. The number of benzene rings is 1. The van der Waals surface area contributed by atoms with E-state index < -0.39 is 18.3 Å². The Balaban J connectivity index is 3.20. The topological polar surface area (TPSA) is 64.6 Å². The molecule has 2 radical (unpaired) electrons. The second-order valence-corrected chi connectivity index (χ2v) is 14.9. The van der Waals surface area contributed by atoms with Crippen molar-refractivity contribution in [1.82, 2.24) is 0 Å². The van der Waals surface area contributed by atoms with Gasteiger partial charge in [-0.1, -0.05) is 46.5 Å². The maximum Gasteiger partial charge on any atom is 0.229 e. The smallest absolute Gasteiger partial charge is 0.229 e. The molecule has 0 amide bonds. The molecule has 1 N–H and O–H groups in total. The average Bonchev–Trinajstić information content (AvgIpc) is 2.51. The number of unbranched alkanes of at least 4 members (excludes halogenated alkanes) is 1. The second kappa shape index (κ2) is 9.48. The van der Waals surface area contributed by atoms with Crippen LogP contribution in [-0.4, -0.2) is 37.4 Å². The summed E-state index contributed by atoms with van der Waals surface area (Å²) in [6.07, 6.45) is 3.06. The van der Waals surface area contributed by atoms with Crippen molar-refractivity contribution in [2.24, 2.45) is 0 Å². The zero-order chi connectivity index (χ0) is 20.9. The number of hydrogen-bond donors (Lipinski definition) is 1. The summed E-state index contributed by atoms with van der Waals surface area (Å²) in [7, 11) is 0.540. The van der Waals surface area contributed by atoms with E-state index in [0.29, 0.717) is 24.4 Å². The van der Waals surface area contributed by atoms with Crippen LogP contribution in [0.4, 0.5) is 5.69 Å². The number of anilines is 1. The van der Waals surface area contributed by atoms with Crippen molar-refractivity contribution in [3.05, 3.63) is 23.8 Å². The summed E-state index contributed by atoms with van der Waals surface area (Å²) in [5.41, 5.74) is 1.26. The molecule has 0 aliphatic rings. The monoisotopic (exact) mass is 411 g/mol. The van der Waals surface area contributed by atoms with Crippen molar-refractivity contribution in [2.75, 3.05) is 17.6 Å². The molecule has 1 aromatic carbocycles. The van der Waals surface area contributed by atoms with Gasteiger partial charge in [-0.2, -0.15) is 0 Å². The SMILES string of the molecule is [B]C[C@H](O[Si](C)(C)C(C)(C)C)c1ccc(OCCCC)c(NS(C)(=O)=O)c1. The van der Waals surface area contributed by atoms with Crippen molar-refractivity contribution in [3.63, 3.8) is 0 Å². The fraction of sp³-hybridized carbons (Fsp3) is 0.684. The van der Waals surface area contributed by atoms with E-state index in [2.05, 4.69) is 45.5 Å². The lowest BCUT2D eigenvalue weighted by Crippen LogP contribution is -2.41. The Bertz CT molecular complexity index is 717. The first-order valence-electron chi connectivity index (χ1n) is 9.43. The van der Waals surface area contributed by atoms with Crippen LogP contribution >= 0.6 is 0 Å². The van der Waals surface area contributed by atoms with Crippen molar-refractivity contribution < 1.29 is 17.6 Å². The van der Waals surface area contributed by atoms with Gasteiger partial charge in [-0.15, -0.1) is 0 Å². The van der Waals surface area contributed by atoms with E-state index in [1.165, 1.54) is 0 Å². The van der Waals surface area contributed by atoms with Crippen LogP contribution in [0.2, 0.25) is 24.5 Å². The van der Waals surface area contributed by atoms with Gasteiger partial charge in [0, 0.05) is 0 Å². The lowest BCUT2D eigenvalue weighted by atomic mass is 9.94. The van der Waals surface area contributed by atoms with E-state index in [0.717, 1.165) is 24.7 Å². The Kier molecular flexibility index (Phi) is 8.44. The molecule has 0 spiro atoms. The fourth-order valence-electron chi connectivity index (χ4n) is 2.26. The molecule has 0 aliphatic heterocycles. The number of ether oxygens (including phenoxy) is 1. The molecule has 0 aromatic heterocycles. The van der Waals surface area contributed by atoms with Gasteiger partial charge in [0.05, 0.1) is 32.5 Å². The summed E-state index contributed by atoms with van der Waals surface area (Å²) in [5, 5.41) is 0.0530. The number of hydrogen-bond acceptors (Lipinski definition) is 4. The molecular formula is C19H34BNO4SSi. The third-order valence-electron chi connectivity index (χ3n) is 4.88. The molecule has 0 unspecified atom stereocenters. The fourth-order valence-corrected chi connectivity index (χ4v) is 4.12. The van der Waals surface area contributed by atoms with E-state index in [9.17, 15) is 8.42 Å². The van der Waals surface area contributed by atoms with E-state index in [-0.39, 0.29) is 11.1 Å². The Hall–Kier alpha value is -0.988. The van der Waals surface area contributed by atoms with Crippen LogP contribution in [0.5, 0.6) is 5.75 Å². The molecule has 27 heavy (non-hydrogen) atoms. The zero-order valence-corrected chi connectivity index (χ0v) is 19.6. The molecule has 0 fully saturated rings. The van der Waals surface area contributed by atoms with Gasteiger partial charge in [0.1, 0.15) is 5.75 Å². The third kappa shape index (κ3) is 7.50. The molecule has 152 valence electrons. The summed E-state index contributed by atoms with van der Waals surface area (Å²) in [6.45, 7) is 13.5. The molecule has 8 heteroatoms. The highest BCUT2D eigenvalue weighted by Gasteiger charge is 2.39. The molecule has 0 saturated heterocycles. The second-order valence-electron chi connectivity index (χ2n) is 8.43. The van der Waals surface area contributed by atoms with Crippen LogP contribution in [0.1, 0.15) is 52.2 Å². The lowest BCUT2D eigenvalue weighted by Gasteiger charge is -2.39. The predicted octanol–water partition coefficient (Wildman–Crippen LogP) is 4.89. The Morgan fingerprint density at radius 3 is 2.37 bits per heavy atom. The van der Waals surface area contributed by atoms with Crippen molar-refractivity contribution in [1.29, 1.82) is 0 Å². The zero-order valence-electron chi connectivity index (χ0n) is 17.8. The molecule has 0 heterocycles. The lowest BCUT2D eigenvalue weighted by molar-refractivity contribution is 0.203. The van der Waals surface area contributed by atoms with Gasteiger partial charge in [-0.25, -0.2) is 8.42 Å². The van der Waals surface area contributed by atoms with Crippen molar-refractivity contribution >= 4 is 31.9 Å². The summed E-state index contributed by atoms with van der Waals surface area (Å²) in [4.78, 5) is 0. The summed E-state index contributed by atoms with van der Waals surface area (Å²) >= 11 is 0. The molecule has 1 rings (SSSR count). The van der Waals surface area contributed by atoms with Crippen LogP contribution < -0.4 is 9.46 Å². The minimum absolute atomic E-state index is 0.0530. The Morgan fingerprint density at radius 2 is 1.89 bits per heavy atom. The van der Waals surface area contributed by atoms with Gasteiger partial charge < -0.3 is 9.16 Å². The normalized spacial score (nSPS) is 14.0. The van der Waals surface area contributed by atoms with E-state index in [4.69, 9.17) is 17.0 Å². The Morgan fingerprint density at radius 1 is 1.26 bits per heavy atom. The molecule has 0 bridgehead atoms. The third-order valence-corrected chi connectivity index (χ3v) is 9.96. The minimum atomic E-state index is -3.43. The first kappa shape index (κ1) is 24.1. The minimum Gasteiger partial charge on any atom is -0.491 e. The number of sulfonamides is 1. The van der Waals surface area contributed by atoms with Crippen LogP contribution in [0.15, 0.2) is 18.2 Å². The highest BCUT2D eigenvalue weighted by molar-refractivity contribution is 7.92. The highest BCUT2D eigenvalue weighted by atomic mass is 32.2. The molecular weight excluding hydrogens is 377 g/mol. The van der Waals surface area contributed by atoms with Gasteiger partial charge in [0.25, 0.3) is 0 Å². The van der Waals surface area contributed by atoms with Gasteiger partial charge in [0.15, 0.2) is 8.32 Å². The largest absolute Gasteiger partial charge is 0.491 e. The van der Waals surface area contributed by atoms with Crippen LogP contribution in [0, 0.1) is 0 Å². The molecule has 1 aromatic rings. The maximum atomic E-state index is 11.8. The van der Waals surface area contributed by atoms with Crippen LogP contribution in [0.25, 0.3) is 0 Å². The predicted molar refractivity (Wildman–Crippen MR) is 117 cm³/mol. The van der Waals surface area contributed by atoms with Gasteiger partial charge in [-0.05, 0) is 42.2 Å². The van der Waals surface area contributed by atoms with Gasteiger partial charge in [-0.3, -0.25) is 4.72 Å². The first-order chi connectivity index (χ1) is 12.3.